The van der Waals surface area contributed by atoms with E-state index in [4.69, 9.17) is 9.47 Å². The summed E-state index contributed by atoms with van der Waals surface area (Å²) >= 11 is 0. The van der Waals surface area contributed by atoms with E-state index in [0.717, 1.165) is 5.56 Å². The summed E-state index contributed by atoms with van der Waals surface area (Å²) in [6.45, 7) is 3.87. The van der Waals surface area contributed by atoms with Crippen molar-refractivity contribution < 1.29 is 19.1 Å². The second kappa shape index (κ2) is 7.41. The summed E-state index contributed by atoms with van der Waals surface area (Å²) in [5.41, 5.74) is 0.785. The third kappa shape index (κ3) is 4.99. The van der Waals surface area contributed by atoms with Gasteiger partial charge in [0.05, 0.1) is 13.5 Å². The Balaban J connectivity index is 2.52. The van der Waals surface area contributed by atoms with Gasteiger partial charge in [-0.15, -0.1) is 0 Å². The summed E-state index contributed by atoms with van der Waals surface area (Å²) < 4.78 is 10.1. The van der Waals surface area contributed by atoms with Crippen LogP contribution in [0.1, 0.15) is 19.4 Å². The number of carbonyl (C=O) groups excluding carboxylic acids is 2. The van der Waals surface area contributed by atoms with Crippen molar-refractivity contribution in [2.24, 2.45) is 0 Å². The molecule has 0 unspecified atom stereocenters. The Bertz CT molecular complexity index is 445. The number of likely N-dealkylation sites (N-methyl/N-ethyl adjacent to an activating group) is 1. The third-order valence-corrected chi connectivity index (χ3v) is 2.51. The highest BCUT2D eigenvalue weighted by atomic mass is 16.5. The van der Waals surface area contributed by atoms with Gasteiger partial charge in [0.15, 0.2) is 6.10 Å². The van der Waals surface area contributed by atoms with Gasteiger partial charge >= 0.3 is 5.97 Å². The summed E-state index contributed by atoms with van der Waals surface area (Å²) in [5.74, 6) is -0.0458. The highest BCUT2D eigenvalue weighted by molar-refractivity contribution is 5.83. The molecular formula is C14H19NO4. The molecule has 0 saturated heterocycles. The lowest BCUT2D eigenvalue weighted by atomic mass is 10.1. The van der Waals surface area contributed by atoms with Crippen LogP contribution in [-0.2, 0) is 20.7 Å². The number of rotatable bonds is 6. The molecule has 19 heavy (non-hydrogen) atoms. The van der Waals surface area contributed by atoms with E-state index in [-0.39, 0.29) is 12.3 Å². The predicted molar refractivity (Wildman–Crippen MR) is 70.9 cm³/mol. The average molecular weight is 265 g/mol. The van der Waals surface area contributed by atoms with Crippen LogP contribution < -0.4 is 10.1 Å². The van der Waals surface area contributed by atoms with E-state index in [9.17, 15) is 9.59 Å². The van der Waals surface area contributed by atoms with Crippen molar-refractivity contribution in [1.82, 2.24) is 5.32 Å². The Kier molecular flexibility index (Phi) is 5.85. The van der Waals surface area contributed by atoms with Crippen molar-refractivity contribution in [1.29, 1.82) is 0 Å². The molecule has 104 valence electrons. The van der Waals surface area contributed by atoms with Crippen LogP contribution in [0, 0.1) is 0 Å². The largest absolute Gasteiger partial charge is 0.497 e. The molecule has 1 rings (SSSR count). The predicted octanol–water partition coefficient (Wildman–Crippen LogP) is 1.31. The monoisotopic (exact) mass is 265 g/mol. The van der Waals surface area contributed by atoms with Gasteiger partial charge < -0.3 is 14.8 Å². The first kappa shape index (κ1) is 15.0. The molecule has 0 aliphatic rings. The SMILES string of the molecule is CCNC(=O)[C@@H](C)OC(=O)Cc1cccc(OC)c1. The summed E-state index contributed by atoms with van der Waals surface area (Å²) in [6, 6.07) is 7.17. The fourth-order valence-corrected chi connectivity index (χ4v) is 1.56. The molecule has 0 aliphatic heterocycles. The minimum atomic E-state index is -0.780. The van der Waals surface area contributed by atoms with Crippen molar-refractivity contribution in [3.63, 3.8) is 0 Å². The molecule has 0 aliphatic carbocycles. The van der Waals surface area contributed by atoms with E-state index < -0.39 is 12.1 Å². The van der Waals surface area contributed by atoms with Gasteiger partial charge in [-0.2, -0.15) is 0 Å². The Hall–Kier alpha value is -2.04. The number of hydrogen-bond donors (Lipinski definition) is 1. The molecule has 5 heteroatoms. The van der Waals surface area contributed by atoms with Crippen LogP contribution in [0.2, 0.25) is 0 Å². The van der Waals surface area contributed by atoms with E-state index in [0.29, 0.717) is 12.3 Å². The highest BCUT2D eigenvalue weighted by Crippen LogP contribution is 2.13. The normalized spacial score (nSPS) is 11.5. The summed E-state index contributed by atoms with van der Waals surface area (Å²) in [7, 11) is 1.56. The van der Waals surface area contributed by atoms with Crippen LogP contribution in [0.15, 0.2) is 24.3 Å². The lowest BCUT2D eigenvalue weighted by Gasteiger charge is -2.12. The number of benzene rings is 1. The Morgan fingerprint density at radius 1 is 1.37 bits per heavy atom. The molecule has 0 aromatic heterocycles. The molecule has 5 nitrogen and oxygen atoms in total. The van der Waals surface area contributed by atoms with Crippen molar-refractivity contribution in [3.8, 4) is 5.75 Å². The zero-order valence-electron chi connectivity index (χ0n) is 11.4. The van der Waals surface area contributed by atoms with Crippen molar-refractivity contribution in [2.45, 2.75) is 26.4 Å². The molecule has 0 fully saturated rings. The Labute approximate surface area is 112 Å². The molecule has 1 aromatic rings. The summed E-state index contributed by atoms with van der Waals surface area (Å²) in [6.07, 6.45) is -0.668. The van der Waals surface area contributed by atoms with Crippen LogP contribution in [0.3, 0.4) is 0 Å². The minimum Gasteiger partial charge on any atom is -0.497 e. The number of methoxy groups -OCH3 is 1. The van der Waals surface area contributed by atoms with Gasteiger partial charge in [-0.25, -0.2) is 0 Å². The molecule has 0 radical (unpaired) electrons. The fourth-order valence-electron chi connectivity index (χ4n) is 1.56. The second-order valence-corrected chi connectivity index (χ2v) is 4.05. The third-order valence-electron chi connectivity index (χ3n) is 2.51. The molecule has 1 aromatic carbocycles. The van der Waals surface area contributed by atoms with Crippen LogP contribution in [0.25, 0.3) is 0 Å². The maximum Gasteiger partial charge on any atom is 0.311 e. The Morgan fingerprint density at radius 3 is 2.74 bits per heavy atom. The molecule has 1 N–H and O–H groups in total. The first-order valence-corrected chi connectivity index (χ1v) is 6.17. The van der Waals surface area contributed by atoms with Crippen LogP contribution in [-0.4, -0.2) is 31.6 Å². The summed E-state index contributed by atoms with van der Waals surface area (Å²) in [5, 5.41) is 2.60. The second-order valence-electron chi connectivity index (χ2n) is 4.05. The van der Waals surface area contributed by atoms with E-state index in [1.54, 1.807) is 38.3 Å². The maximum atomic E-state index is 11.7. The van der Waals surface area contributed by atoms with E-state index in [1.807, 2.05) is 6.92 Å². The fraction of sp³-hybridized carbons (Fsp3) is 0.429. The number of esters is 1. The van der Waals surface area contributed by atoms with Crippen molar-refractivity contribution in [2.75, 3.05) is 13.7 Å². The van der Waals surface area contributed by atoms with Gasteiger partial charge in [0.25, 0.3) is 5.91 Å². The van der Waals surface area contributed by atoms with Gasteiger partial charge in [0.1, 0.15) is 5.75 Å². The zero-order chi connectivity index (χ0) is 14.3. The number of hydrogen-bond acceptors (Lipinski definition) is 4. The van der Waals surface area contributed by atoms with Gasteiger partial charge in [-0.05, 0) is 31.5 Å². The molecule has 0 saturated carbocycles. The van der Waals surface area contributed by atoms with Crippen LogP contribution in [0.5, 0.6) is 5.75 Å². The molecule has 1 atom stereocenters. The van der Waals surface area contributed by atoms with Gasteiger partial charge in [-0.1, -0.05) is 12.1 Å². The van der Waals surface area contributed by atoms with Crippen LogP contribution in [0.4, 0.5) is 0 Å². The number of amides is 1. The molecule has 0 spiro atoms. The lowest BCUT2D eigenvalue weighted by molar-refractivity contribution is -0.154. The zero-order valence-corrected chi connectivity index (χ0v) is 11.4. The number of ether oxygens (including phenoxy) is 2. The summed E-state index contributed by atoms with van der Waals surface area (Å²) in [4.78, 5) is 23.1. The lowest BCUT2D eigenvalue weighted by Crippen LogP contribution is -2.35. The standard InChI is InChI=1S/C14H19NO4/c1-4-15-14(17)10(2)19-13(16)9-11-6-5-7-12(8-11)18-3/h5-8,10H,4,9H2,1-3H3,(H,15,17)/t10-/m1/s1. The van der Waals surface area contributed by atoms with Gasteiger partial charge in [-0.3, -0.25) is 9.59 Å². The topological polar surface area (TPSA) is 64.6 Å². The van der Waals surface area contributed by atoms with E-state index in [2.05, 4.69) is 5.32 Å². The number of carbonyl (C=O) groups is 2. The van der Waals surface area contributed by atoms with Crippen molar-refractivity contribution >= 4 is 11.9 Å². The quantitative estimate of drug-likeness (QED) is 0.788. The van der Waals surface area contributed by atoms with Gasteiger partial charge in [0.2, 0.25) is 0 Å². The number of nitrogens with one attached hydrogen (secondary N) is 1. The first-order valence-electron chi connectivity index (χ1n) is 6.17. The van der Waals surface area contributed by atoms with E-state index >= 15 is 0 Å². The van der Waals surface area contributed by atoms with Gasteiger partial charge in [0, 0.05) is 6.54 Å². The molecule has 0 bridgehead atoms. The van der Waals surface area contributed by atoms with Crippen molar-refractivity contribution in [3.05, 3.63) is 29.8 Å². The molecule has 0 heterocycles. The average Bonchev–Trinajstić information content (AvgIpc) is 2.39. The molecule has 1 amide bonds. The highest BCUT2D eigenvalue weighted by Gasteiger charge is 2.17. The molecular weight excluding hydrogens is 246 g/mol. The maximum absolute atomic E-state index is 11.7. The first-order chi connectivity index (χ1) is 9.06. The smallest absolute Gasteiger partial charge is 0.311 e. The minimum absolute atomic E-state index is 0.112. The van der Waals surface area contributed by atoms with E-state index in [1.165, 1.54) is 0 Å². The Morgan fingerprint density at radius 2 is 2.11 bits per heavy atom. The van der Waals surface area contributed by atoms with Crippen LogP contribution >= 0.6 is 0 Å².